The van der Waals surface area contributed by atoms with Crippen molar-refractivity contribution in [2.75, 3.05) is 30.8 Å². The number of rotatable bonds is 3. The molecular formula is C13H20N4O2S. The van der Waals surface area contributed by atoms with Crippen molar-refractivity contribution in [1.82, 2.24) is 14.3 Å². The van der Waals surface area contributed by atoms with Crippen LogP contribution < -0.4 is 4.90 Å². The Morgan fingerprint density at radius 1 is 1.10 bits per heavy atom. The standard InChI is InChI=1S/C13H20N4O2S/c1-20(18,19)17-10-4-5-11(17)12-13(15-7-6-14-12)16-8-2-3-9-16/h6-7,11H,2-5,8-10H2,1H3. The van der Waals surface area contributed by atoms with E-state index in [-0.39, 0.29) is 6.04 Å². The van der Waals surface area contributed by atoms with Gasteiger partial charge < -0.3 is 4.90 Å². The Kier molecular flexibility index (Phi) is 3.64. The predicted molar refractivity (Wildman–Crippen MR) is 77.0 cm³/mol. The molecule has 0 radical (unpaired) electrons. The van der Waals surface area contributed by atoms with Gasteiger partial charge in [0.1, 0.15) is 5.69 Å². The molecule has 1 aromatic heterocycles. The first kappa shape index (κ1) is 13.8. The molecule has 0 spiro atoms. The summed E-state index contributed by atoms with van der Waals surface area (Å²) < 4.78 is 25.4. The second-order valence-electron chi connectivity index (χ2n) is 5.49. The zero-order valence-corrected chi connectivity index (χ0v) is 12.5. The Bertz CT molecular complexity index is 584. The highest BCUT2D eigenvalue weighted by Crippen LogP contribution is 2.37. The molecule has 2 aliphatic heterocycles. The van der Waals surface area contributed by atoms with E-state index < -0.39 is 10.0 Å². The summed E-state index contributed by atoms with van der Waals surface area (Å²) in [5, 5.41) is 0. The van der Waals surface area contributed by atoms with Crippen molar-refractivity contribution in [2.45, 2.75) is 31.7 Å². The van der Waals surface area contributed by atoms with Crippen molar-refractivity contribution in [3.8, 4) is 0 Å². The fourth-order valence-corrected chi connectivity index (χ4v) is 4.29. The first-order chi connectivity index (χ1) is 9.57. The van der Waals surface area contributed by atoms with E-state index in [1.807, 2.05) is 0 Å². The van der Waals surface area contributed by atoms with E-state index in [1.54, 1.807) is 16.7 Å². The predicted octanol–water partition coefficient (Wildman–Crippen LogP) is 1.17. The molecule has 3 rings (SSSR count). The van der Waals surface area contributed by atoms with Gasteiger partial charge in [0.15, 0.2) is 5.82 Å². The van der Waals surface area contributed by atoms with Gasteiger partial charge in [0, 0.05) is 32.0 Å². The van der Waals surface area contributed by atoms with Crippen LogP contribution in [0.2, 0.25) is 0 Å². The molecule has 2 saturated heterocycles. The second kappa shape index (κ2) is 5.29. The molecule has 20 heavy (non-hydrogen) atoms. The Labute approximate surface area is 119 Å². The number of nitrogens with zero attached hydrogens (tertiary/aromatic N) is 4. The molecule has 0 saturated carbocycles. The van der Waals surface area contributed by atoms with Gasteiger partial charge in [-0.2, -0.15) is 4.31 Å². The maximum Gasteiger partial charge on any atom is 0.211 e. The lowest BCUT2D eigenvalue weighted by molar-refractivity contribution is 0.393. The highest BCUT2D eigenvalue weighted by molar-refractivity contribution is 7.88. The molecule has 3 heterocycles. The lowest BCUT2D eigenvalue weighted by Gasteiger charge is -2.26. The zero-order valence-electron chi connectivity index (χ0n) is 11.7. The maximum absolute atomic E-state index is 11.9. The van der Waals surface area contributed by atoms with E-state index in [9.17, 15) is 8.42 Å². The van der Waals surface area contributed by atoms with Crippen LogP contribution >= 0.6 is 0 Å². The van der Waals surface area contributed by atoms with Gasteiger partial charge in [0.25, 0.3) is 0 Å². The summed E-state index contributed by atoms with van der Waals surface area (Å²) in [5.74, 6) is 0.866. The molecule has 0 amide bonds. The lowest BCUT2D eigenvalue weighted by atomic mass is 10.1. The van der Waals surface area contributed by atoms with Gasteiger partial charge in [-0.3, -0.25) is 4.98 Å². The number of hydrogen-bond donors (Lipinski definition) is 0. The van der Waals surface area contributed by atoms with Crippen molar-refractivity contribution >= 4 is 15.8 Å². The van der Waals surface area contributed by atoms with E-state index in [0.29, 0.717) is 6.54 Å². The number of hydrogen-bond acceptors (Lipinski definition) is 5. The highest BCUT2D eigenvalue weighted by atomic mass is 32.2. The lowest BCUT2D eigenvalue weighted by Crippen LogP contribution is -2.32. The monoisotopic (exact) mass is 296 g/mol. The molecule has 1 aromatic rings. The molecule has 110 valence electrons. The van der Waals surface area contributed by atoms with Gasteiger partial charge in [0.05, 0.1) is 12.3 Å². The minimum Gasteiger partial charge on any atom is -0.355 e. The molecule has 1 atom stereocenters. The van der Waals surface area contributed by atoms with E-state index in [2.05, 4.69) is 14.9 Å². The Morgan fingerprint density at radius 2 is 1.80 bits per heavy atom. The SMILES string of the molecule is CS(=O)(=O)N1CCCC1c1nccnc1N1CCCC1. The third-order valence-corrected chi connectivity index (χ3v) is 5.35. The van der Waals surface area contributed by atoms with Crippen molar-refractivity contribution in [3.05, 3.63) is 18.1 Å². The van der Waals surface area contributed by atoms with E-state index in [0.717, 1.165) is 50.3 Å². The van der Waals surface area contributed by atoms with Crippen molar-refractivity contribution in [1.29, 1.82) is 0 Å². The van der Waals surface area contributed by atoms with E-state index >= 15 is 0 Å². The van der Waals surface area contributed by atoms with Crippen molar-refractivity contribution < 1.29 is 8.42 Å². The molecule has 2 fully saturated rings. The topological polar surface area (TPSA) is 66.4 Å². The highest BCUT2D eigenvalue weighted by Gasteiger charge is 2.36. The number of sulfonamides is 1. The van der Waals surface area contributed by atoms with Crippen LogP contribution in [0.25, 0.3) is 0 Å². The number of aromatic nitrogens is 2. The normalized spacial score (nSPS) is 24.4. The van der Waals surface area contributed by atoms with Gasteiger partial charge in [-0.15, -0.1) is 0 Å². The third-order valence-electron chi connectivity index (χ3n) is 4.06. The molecule has 7 heteroatoms. The molecule has 2 aliphatic rings. The third kappa shape index (κ3) is 2.52. The summed E-state index contributed by atoms with van der Waals surface area (Å²) in [6, 6.07) is -0.158. The van der Waals surface area contributed by atoms with Gasteiger partial charge in [-0.05, 0) is 25.7 Å². The second-order valence-corrected chi connectivity index (χ2v) is 7.43. The van der Waals surface area contributed by atoms with Gasteiger partial charge in [0.2, 0.25) is 10.0 Å². The van der Waals surface area contributed by atoms with Crippen LogP contribution in [-0.2, 0) is 10.0 Å². The number of anilines is 1. The summed E-state index contributed by atoms with van der Waals surface area (Å²) in [4.78, 5) is 11.1. The van der Waals surface area contributed by atoms with Crippen LogP contribution in [0.5, 0.6) is 0 Å². The minimum atomic E-state index is -3.19. The largest absolute Gasteiger partial charge is 0.355 e. The van der Waals surface area contributed by atoms with Crippen LogP contribution in [0.4, 0.5) is 5.82 Å². The van der Waals surface area contributed by atoms with Crippen LogP contribution in [0.3, 0.4) is 0 Å². The van der Waals surface area contributed by atoms with E-state index in [1.165, 1.54) is 6.26 Å². The fraction of sp³-hybridized carbons (Fsp3) is 0.692. The zero-order chi connectivity index (χ0) is 14.2. The smallest absolute Gasteiger partial charge is 0.211 e. The van der Waals surface area contributed by atoms with Gasteiger partial charge in [-0.1, -0.05) is 0 Å². The van der Waals surface area contributed by atoms with Crippen LogP contribution in [0.1, 0.15) is 37.4 Å². The molecule has 0 aliphatic carbocycles. The van der Waals surface area contributed by atoms with Crippen LogP contribution in [0, 0.1) is 0 Å². The van der Waals surface area contributed by atoms with Crippen molar-refractivity contribution in [2.24, 2.45) is 0 Å². The average Bonchev–Trinajstić information content (AvgIpc) is 3.09. The average molecular weight is 296 g/mol. The molecule has 0 aromatic carbocycles. The Hall–Kier alpha value is -1.21. The summed E-state index contributed by atoms with van der Waals surface area (Å²) >= 11 is 0. The fourth-order valence-electron chi connectivity index (χ4n) is 3.16. The van der Waals surface area contributed by atoms with Gasteiger partial charge >= 0.3 is 0 Å². The van der Waals surface area contributed by atoms with Crippen molar-refractivity contribution in [3.63, 3.8) is 0 Å². The summed E-state index contributed by atoms with van der Waals surface area (Å²) in [7, 11) is -3.19. The summed E-state index contributed by atoms with van der Waals surface area (Å²) in [5.41, 5.74) is 0.817. The summed E-state index contributed by atoms with van der Waals surface area (Å²) in [6.07, 6.45) is 8.66. The Balaban J connectivity index is 1.97. The first-order valence-corrected chi connectivity index (χ1v) is 8.95. The molecule has 0 N–H and O–H groups in total. The van der Waals surface area contributed by atoms with E-state index in [4.69, 9.17) is 0 Å². The minimum absolute atomic E-state index is 0.158. The molecular weight excluding hydrogens is 276 g/mol. The van der Waals surface area contributed by atoms with Crippen LogP contribution in [0.15, 0.2) is 12.4 Å². The quantitative estimate of drug-likeness (QED) is 0.838. The Morgan fingerprint density at radius 3 is 2.50 bits per heavy atom. The first-order valence-electron chi connectivity index (χ1n) is 7.10. The molecule has 1 unspecified atom stereocenters. The maximum atomic E-state index is 11.9. The molecule has 0 bridgehead atoms. The van der Waals surface area contributed by atoms with Crippen LogP contribution in [-0.4, -0.2) is 48.6 Å². The van der Waals surface area contributed by atoms with Gasteiger partial charge in [-0.25, -0.2) is 13.4 Å². The summed E-state index contributed by atoms with van der Waals surface area (Å²) in [6.45, 7) is 2.55. The molecule has 6 nitrogen and oxygen atoms in total.